The van der Waals surface area contributed by atoms with Crippen molar-refractivity contribution in [2.75, 3.05) is 13.1 Å². The second kappa shape index (κ2) is 9.76. The van der Waals surface area contributed by atoms with Crippen molar-refractivity contribution in [2.45, 2.75) is 84.3 Å². The Balaban J connectivity index is 2.58. The van der Waals surface area contributed by atoms with Gasteiger partial charge in [-0.25, -0.2) is 0 Å². The summed E-state index contributed by atoms with van der Waals surface area (Å²) in [6.45, 7) is 12.1. The topological polar surface area (TPSA) is 3.24 Å². The minimum atomic E-state index is -0.602. The van der Waals surface area contributed by atoms with Gasteiger partial charge in [0.2, 0.25) is 0 Å². The van der Waals surface area contributed by atoms with Gasteiger partial charge in [0.05, 0.1) is 8.80 Å². The average Bonchev–Trinajstić information content (AvgIpc) is 2.67. The highest BCUT2D eigenvalue weighted by atomic mass is 28.3. The molecule has 0 N–H and O–H groups in total. The minimum Gasteiger partial charge on any atom is -0.297 e. The highest BCUT2D eigenvalue weighted by Gasteiger charge is 2.17. The molecular weight excluding hydrogens is 246 g/mol. The molecule has 19 heavy (non-hydrogen) atoms. The van der Waals surface area contributed by atoms with E-state index in [-0.39, 0.29) is 0 Å². The van der Waals surface area contributed by atoms with Gasteiger partial charge in [0.25, 0.3) is 0 Å². The quantitative estimate of drug-likeness (QED) is 0.607. The second-order valence-electron chi connectivity index (χ2n) is 6.37. The summed E-state index contributed by atoms with van der Waals surface area (Å²) in [5, 5.41) is 0. The van der Waals surface area contributed by atoms with E-state index < -0.39 is 8.80 Å². The van der Waals surface area contributed by atoms with Gasteiger partial charge in [0.15, 0.2) is 0 Å². The van der Waals surface area contributed by atoms with E-state index in [0.717, 1.165) is 0 Å². The first-order chi connectivity index (χ1) is 9.19. The van der Waals surface area contributed by atoms with Crippen LogP contribution in [0.15, 0.2) is 11.3 Å². The minimum absolute atomic E-state index is 0.602. The van der Waals surface area contributed by atoms with E-state index in [1.165, 1.54) is 63.7 Å². The van der Waals surface area contributed by atoms with Gasteiger partial charge in [-0.05, 0) is 39.8 Å². The summed E-state index contributed by atoms with van der Waals surface area (Å²) in [4.78, 5) is 2.72. The van der Waals surface area contributed by atoms with Crippen LogP contribution >= 0.6 is 0 Å². The number of hydrogen-bond donors (Lipinski definition) is 0. The molecule has 0 amide bonds. The molecule has 1 aliphatic rings. The Morgan fingerprint density at radius 3 is 2.05 bits per heavy atom. The van der Waals surface area contributed by atoms with Crippen LogP contribution in [0.1, 0.15) is 66.2 Å². The van der Waals surface area contributed by atoms with E-state index in [1.54, 1.807) is 5.57 Å². The summed E-state index contributed by atoms with van der Waals surface area (Å²) < 4.78 is 0. The SMILES string of the molecule is CCC[SiH](C=C(C)C(C)N1CCCCCC1)CCC. The number of likely N-dealkylation sites (tertiary alicyclic amines) is 1. The van der Waals surface area contributed by atoms with E-state index in [0.29, 0.717) is 6.04 Å². The van der Waals surface area contributed by atoms with Crippen molar-refractivity contribution in [3.05, 3.63) is 11.3 Å². The van der Waals surface area contributed by atoms with Gasteiger partial charge in [-0.2, -0.15) is 0 Å². The molecule has 112 valence electrons. The maximum atomic E-state index is 2.72. The number of hydrogen-bond acceptors (Lipinski definition) is 1. The fraction of sp³-hybridized carbons (Fsp3) is 0.882. The zero-order valence-electron chi connectivity index (χ0n) is 13.8. The smallest absolute Gasteiger partial charge is 0.0615 e. The molecule has 1 nitrogen and oxygen atoms in total. The fourth-order valence-corrected chi connectivity index (χ4v) is 6.46. The monoisotopic (exact) mass is 281 g/mol. The Bertz CT molecular complexity index is 248. The Kier molecular flexibility index (Phi) is 8.72. The first-order valence-corrected chi connectivity index (χ1v) is 10.9. The molecule has 0 aliphatic carbocycles. The lowest BCUT2D eigenvalue weighted by Gasteiger charge is -2.29. The first-order valence-electron chi connectivity index (χ1n) is 8.61. The van der Waals surface area contributed by atoms with Crippen LogP contribution in [-0.2, 0) is 0 Å². The predicted molar refractivity (Wildman–Crippen MR) is 90.6 cm³/mol. The van der Waals surface area contributed by atoms with Gasteiger partial charge >= 0.3 is 0 Å². The summed E-state index contributed by atoms with van der Waals surface area (Å²) in [7, 11) is -0.602. The van der Waals surface area contributed by atoms with Gasteiger partial charge < -0.3 is 0 Å². The normalized spacial score (nSPS) is 20.6. The second-order valence-corrected chi connectivity index (χ2v) is 9.38. The molecule has 0 radical (unpaired) electrons. The summed E-state index contributed by atoms with van der Waals surface area (Å²) in [5.74, 6) is 0. The highest BCUT2D eigenvalue weighted by molar-refractivity contribution is 6.64. The van der Waals surface area contributed by atoms with Crippen LogP contribution in [0.25, 0.3) is 0 Å². The van der Waals surface area contributed by atoms with Crippen molar-refractivity contribution >= 4 is 8.80 Å². The molecule has 2 heteroatoms. The zero-order chi connectivity index (χ0) is 14.1. The molecule has 0 spiro atoms. The Morgan fingerprint density at radius 2 is 1.58 bits per heavy atom. The van der Waals surface area contributed by atoms with Crippen LogP contribution in [0.2, 0.25) is 12.1 Å². The van der Waals surface area contributed by atoms with Crippen molar-refractivity contribution in [2.24, 2.45) is 0 Å². The van der Waals surface area contributed by atoms with Gasteiger partial charge in [-0.1, -0.05) is 62.9 Å². The molecule has 0 aromatic heterocycles. The average molecular weight is 282 g/mol. The highest BCUT2D eigenvalue weighted by Crippen LogP contribution is 2.18. The molecule has 0 aromatic rings. The lowest BCUT2D eigenvalue weighted by atomic mass is 10.1. The van der Waals surface area contributed by atoms with Crippen molar-refractivity contribution in [3.63, 3.8) is 0 Å². The van der Waals surface area contributed by atoms with Crippen LogP contribution in [0.5, 0.6) is 0 Å². The van der Waals surface area contributed by atoms with Crippen molar-refractivity contribution in [1.82, 2.24) is 4.90 Å². The van der Waals surface area contributed by atoms with Gasteiger partial charge in [-0.15, -0.1) is 0 Å². The first kappa shape index (κ1) is 17.0. The van der Waals surface area contributed by atoms with Gasteiger partial charge in [-0.3, -0.25) is 4.90 Å². The molecule has 1 unspecified atom stereocenters. The Labute approximate surface area is 123 Å². The molecule has 0 saturated carbocycles. The van der Waals surface area contributed by atoms with Crippen LogP contribution in [-0.4, -0.2) is 32.8 Å². The third-order valence-electron chi connectivity index (χ3n) is 4.66. The third-order valence-corrected chi connectivity index (χ3v) is 8.30. The summed E-state index contributed by atoms with van der Waals surface area (Å²) >= 11 is 0. The third kappa shape index (κ3) is 6.27. The van der Waals surface area contributed by atoms with E-state index >= 15 is 0 Å². The maximum absolute atomic E-state index is 2.72. The number of nitrogens with zero attached hydrogens (tertiary/aromatic N) is 1. The van der Waals surface area contributed by atoms with E-state index in [2.05, 4.69) is 38.3 Å². The van der Waals surface area contributed by atoms with E-state index in [1.807, 2.05) is 0 Å². The van der Waals surface area contributed by atoms with Crippen molar-refractivity contribution < 1.29 is 0 Å². The molecule has 1 fully saturated rings. The van der Waals surface area contributed by atoms with Crippen molar-refractivity contribution in [3.8, 4) is 0 Å². The van der Waals surface area contributed by atoms with Gasteiger partial charge in [0.1, 0.15) is 0 Å². The Morgan fingerprint density at radius 1 is 1.05 bits per heavy atom. The molecule has 1 saturated heterocycles. The van der Waals surface area contributed by atoms with Crippen LogP contribution in [0, 0.1) is 0 Å². The van der Waals surface area contributed by atoms with Crippen LogP contribution < -0.4 is 0 Å². The maximum Gasteiger partial charge on any atom is 0.0615 e. The summed E-state index contributed by atoms with van der Waals surface area (Å²) in [6, 6.07) is 3.68. The predicted octanol–water partition coefficient (Wildman–Crippen LogP) is 4.78. The Hall–Kier alpha value is -0.0831. The summed E-state index contributed by atoms with van der Waals surface area (Å²) in [5.41, 5.74) is 4.39. The molecule has 1 atom stereocenters. The zero-order valence-corrected chi connectivity index (χ0v) is 14.9. The molecule has 1 aliphatic heterocycles. The largest absolute Gasteiger partial charge is 0.297 e. The van der Waals surface area contributed by atoms with Crippen LogP contribution in [0.3, 0.4) is 0 Å². The molecule has 1 heterocycles. The molecule has 0 aromatic carbocycles. The van der Waals surface area contributed by atoms with Crippen LogP contribution in [0.4, 0.5) is 0 Å². The fourth-order valence-electron chi connectivity index (χ4n) is 3.33. The van der Waals surface area contributed by atoms with E-state index in [4.69, 9.17) is 0 Å². The van der Waals surface area contributed by atoms with Gasteiger partial charge in [0, 0.05) is 6.04 Å². The lowest BCUT2D eigenvalue weighted by Crippen LogP contribution is -2.35. The standard InChI is InChI=1S/C17H35NSi/c1-5-13-19(14-6-2)15-16(3)17(4)18-11-9-7-8-10-12-18/h15,17,19H,5-14H2,1-4H3. The van der Waals surface area contributed by atoms with E-state index in [9.17, 15) is 0 Å². The van der Waals surface area contributed by atoms with Crippen molar-refractivity contribution in [1.29, 1.82) is 0 Å². The molecule has 0 bridgehead atoms. The number of rotatable bonds is 7. The lowest BCUT2D eigenvalue weighted by molar-refractivity contribution is 0.242. The molecule has 1 rings (SSSR count). The molecular formula is C17H35NSi. The summed E-state index contributed by atoms with van der Waals surface area (Å²) in [6.07, 6.45) is 8.44.